The van der Waals surface area contributed by atoms with Crippen LogP contribution in [0.5, 0.6) is 0 Å². The van der Waals surface area contributed by atoms with E-state index in [4.69, 9.17) is 9.15 Å². The van der Waals surface area contributed by atoms with Crippen LogP contribution >= 0.6 is 0 Å². The summed E-state index contributed by atoms with van der Waals surface area (Å²) in [4.78, 5) is 32.7. The molecule has 186 valence electrons. The lowest BCUT2D eigenvalue weighted by Gasteiger charge is -2.06. The van der Waals surface area contributed by atoms with Crippen LogP contribution in [0.1, 0.15) is 33.5 Å². The van der Waals surface area contributed by atoms with Gasteiger partial charge in [-0.3, -0.25) is 4.79 Å². The maximum Gasteiger partial charge on any atom is 0.358 e. The van der Waals surface area contributed by atoms with Gasteiger partial charge < -0.3 is 19.5 Å². The smallest absolute Gasteiger partial charge is 0.358 e. The van der Waals surface area contributed by atoms with E-state index in [-0.39, 0.29) is 24.0 Å². The van der Waals surface area contributed by atoms with Gasteiger partial charge in [-0.2, -0.15) is 0 Å². The Bertz CT molecular complexity index is 1630. The molecule has 37 heavy (non-hydrogen) atoms. The summed E-state index contributed by atoms with van der Waals surface area (Å²) in [6.45, 7) is 3.80. The van der Waals surface area contributed by atoms with E-state index in [9.17, 15) is 14.0 Å². The summed E-state index contributed by atoms with van der Waals surface area (Å²) in [6, 6.07) is 19.1. The lowest BCUT2D eigenvalue weighted by molar-refractivity contribution is 0.0519. The predicted octanol–water partition coefficient (Wildman–Crippen LogP) is 6.14. The minimum Gasteiger partial charge on any atom is -0.461 e. The lowest BCUT2D eigenvalue weighted by Crippen LogP contribution is -2.18. The van der Waals surface area contributed by atoms with Crippen LogP contribution in [0.2, 0.25) is 0 Å². The van der Waals surface area contributed by atoms with Crippen molar-refractivity contribution in [3.63, 3.8) is 0 Å². The number of hydrogen-bond donors (Lipinski definition) is 2. The molecule has 0 aliphatic heterocycles. The molecule has 2 heterocycles. The first-order valence-electron chi connectivity index (χ1n) is 11.8. The Kier molecular flexibility index (Phi) is 6.31. The highest BCUT2D eigenvalue weighted by Gasteiger charge is 2.22. The monoisotopic (exact) mass is 497 g/mol. The standard InChI is InChI=1S/C29H24FN3O4/c1-4-36-29(35)25-16(2)32-27(33-25)20-7-5-6-18(14-20)19-10-13-23-22(15-19)24(28(34)31-3)26(37-23)17-8-11-21(30)12-9-17/h5-15H,4H2,1-3H3,(H,31,34)(H,32,33). The quantitative estimate of drug-likeness (QED) is 0.275. The number of nitrogens with one attached hydrogen (secondary N) is 2. The number of carbonyl (C=O) groups is 2. The Morgan fingerprint density at radius 3 is 2.43 bits per heavy atom. The Hall–Kier alpha value is -4.72. The second-order valence-corrected chi connectivity index (χ2v) is 8.46. The third-order valence-electron chi connectivity index (χ3n) is 6.07. The summed E-state index contributed by atoms with van der Waals surface area (Å²) < 4.78 is 24.6. The summed E-state index contributed by atoms with van der Waals surface area (Å²) in [5.74, 6) is -0.219. The number of carbonyl (C=O) groups excluding carboxylic acids is 2. The van der Waals surface area contributed by atoms with Crippen LogP contribution in [0.3, 0.4) is 0 Å². The second-order valence-electron chi connectivity index (χ2n) is 8.46. The van der Waals surface area contributed by atoms with Crippen LogP contribution in [-0.4, -0.2) is 35.5 Å². The highest BCUT2D eigenvalue weighted by molar-refractivity contribution is 6.11. The molecule has 5 rings (SSSR count). The fourth-order valence-corrected chi connectivity index (χ4v) is 4.27. The zero-order valence-electron chi connectivity index (χ0n) is 20.5. The van der Waals surface area contributed by atoms with Gasteiger partial charge in [0.05, 0.1) is 12.2 Å². The number of rotatable bonds is 6. The number of imidazole rings is 1. The first kappa shape index (κ1) is 24.0. The van der Waals surface area contributed by atoms with Crippen molar-refractivity contribution in [2.75, 3.05) is 13.7 Å². The molecule has 0 aliphatic rings. The number of aromatic amines is 1. The fraction of sp³-hybridized carbons (Fsp3) is 0.138. The molecule has 2 N–H and O–H groups in total. The number of amides is 1. The number of nitrogens with zero attached hydrogens (tertiary/aromatic N) is 1. The molecule has 3 aromatic carbocycles. The predicted molar refractivity (Wildman–Crippen MR) is 139 cm³/mol. The number of ether oxygens (including phenoxy) is 1. The van der Waals surface area contributed by atoms with Crippen molar-refractivity contribution in [2.45, 2.75) is 13.8 Å². The molecule has 8 heteroatoms. The van der Waals surface area contributed by atoms with E-state index in [0.717, 1.165) is 16.7 Å². The molecule has 0 unspecified atom stereocenters. The molecule has 1 amide bonds. The van der Waals surface area contributed by atoms with Crippen LogP contribution < -0.4 is 5.32 Å². The number of aryl methyl sites for hydroxylation is 1. The molecule has 0 bridgehead atoms. The first-order chi connectivity index (χ1) is 17.9. The summed E-state index contributed by atoms with van der Waals surface area (Å²) in [5, 5.41) is 3.31. The van der Waals surface area contributed by atoms with E-state index in [1.807, 2.05) is 42.5 Å². The number of furan rings is 1. The minimum absolute atomic E-state index is 0.255. The molecule has 5 aromatic rings. The second kappa shape index (κ2) is 9.73. The molecule has 0 atom stereocenters. The van der Waals surface area contributed by atoms with Gasteiger partial charge in [0.15, 0.2) is 5.69 Å². The van der Waals surface area contributed by atoms with Crippen molar-refractivity contribution < 1.29 is 23.1 Å². The Morgan fingerprint density at radius 1 is 1.00 bits per heavy atom. The molecule has 0 radical (unpaired) electrons. The van der Waals surface area contributed by atoms with Gasteiger partial charge >= 0.3 is 5.97 Å². The van der Waals surface area contributed by atoms with Crippen LogP contribution in [0.15, 0.2) is 71.1 Å². The van der Waals surface area contributed by atoms with E-state index in [1.165, 1.54) is 12.1 Å². The van der Waals surface area contributed by atoms with Crippen LogP contribution in [0.25, 0.3) is 44.8 Å². The zero-order valence-corrected chi connectivity index (χ0v) is 20.5. The van der Waals surface area contributed by atoms with Crippen molar-refractivity contribution in [3.05, 3.63) is 89.5 Å². The van der Waals surface area contributed by atoms with Gasteiger partial charge in [-0.05, 0) is 67.4 Å². The highest BCUT2D eigenvalue weighted by Crippen LogP contribution is 2.36. The van der Waals surface area contributed by atoms with Crippen molar-refractivity contribution in [1.29, 1.82) is 0 Å². The van der Waals surface area contributed by atoms with Gasteiger partial charge in [0.25, 0.3) is 5.91 Å². The number of halogens is 1. The average molecular weight is 498 g/mol. The minimum atomic E-state index is -0.470. The zero-order chi connectivity index (χ0) is 26.1. The lowest BCUT2D eigenvalue weighted by atomic mass is 9.99. The van der Waals surface area contributed by atoms with Gasteiger partial charge in [0, 0.05) is 29.3 Å². The molecule has 0 saturated carbocycles. The molecule has 2 aromatic heterocycles. The van der Waals surface area contributed by atoms with Gasteiger partial charge in [0.1, 0.15) is 23.0 Å². The normalized spacial score (nSPS) is 11.0. The maximum absolute atomic E-state index is 13.5. The number of hydrogen-bond acceptors (Lipinski definition) is 5. The number of H-pyrrole nitrogens is 1. The highest BCUT2D eigenvalue weighted by atomic mass is 19.1. The Balaban J connectivity index is 1.58. The molecule has 0 spiro atoms. The van der Waals surface area contributed by atoms with Gasteiger partial charge in [0.2, 0.25) is 0 Å². The van der Waals surface area contributed by atoms with E-state index in [1.54, 1.807) is 33.0 Å². The molecule has 0 saturated heterocycles. The van der Waals surface area contributed by atoms with Crippen LogP contribution in [0, 0.1) is 12.7 Å². The van der Waals surface area contributed by atoms with Crippen LogP contribution in [-0.2, 0) is 4.74 Å². The summed E-state index contributed by atoms with van der Waals surface area (Å²) in [6.07, 6.45) is 0. The van der Waals surface area contributed by atoms with E-state index in [2.05, 4.69) is 15.3 Å². The van der Waals surface area contributed by atoms with E-state index in [0.29, 0.717) is 39.4 Å². The Morgan fingerprint density at radius 2 is 1.70 bits per heavy atom. The summed E-state index contributed by atoms with van der Waals surface area (Å²) >= 11 is 0. The molecule has 0 fully saturated rings. The number of benzene rings is 3. The molecule has 7 nitrogen and oxygen atoms in total. The molecular weight excluding hydrogens is 473 g/mol. The van der Waals surface area contributed by atoms with Gasteiger partial charge in [-0.25, -0.2) is 14.2 Å². The van der Waals surface area contributed by atoms with Crippen molar-refractivity contribution >= 4 is 22.8 Å². The van der Waals surface area contributed by atoms with Crippen molar-refractivity contribution in [1.82, 2.24) is 15.3 Å². The summed E-state index contributed by atoms with van der Waals surface area (Å²) in [7, 11) is 1.55. The average Bonchev–Trinajstić information content (AvgIpc) is 3.49. The number of esters is 1. The van der Waals surface area contributed by atoms with E-state index < -0.39 is 5.97 Å². The molecular formula is C29H24FN3O4. The van der Waals surface area contributed by atoms with Crippen molar-refractivity contribution in [2.24, 2.45) is 0 Å². The van der Waals surface area contributed by atoms with Crippen molar-refractivity contribution in [3.8, 4) is 33.8 Å². The maximum atomic E-state index is 13.5. The number of aromatic nitrogens is 2. The fourth-order valence-electron chi connectivity index (χ4n) is 4.27. The SMILES string of the molecule is CCOC(=O)c1nc(-c2cccc(-c3ccc4oc(-c5ccc(F)cc5)c(C(=O)NC)c4c3)c2)[nH]c1C. The van der Waals surface area contributed by atoms with Gasteiger partial charge in [-0.15, -0.1) is 0 Å². The third-order valence-corrected chi connectivity index (χ3v) is 6.07. The largest absolute Gasteiger partial charge is 0.461 e. The first-order valence-corrected chi connectivity index (χ1v) is 11.8. The van der Waals surface area contributed by atoms with E-state index >= 15 is 0 Å². The third kappa shape index (κ3) is 4.49. The Labute approximate surface area is 212 Å². The number of fused-ring (bicyclic) bond motifs is 1. The van der Waals surface area contributed by atoms with Crippen LogP contribution in [0.4, 0.5) is 4.39 Å². The summed E-state index contributed by atoms with van der Waals surface area (Å²) in [5.41, 5.74) is 4.94. The molecule has 0 aliphatic carbocycles. The van der Waals surface area contributed by atoms with Gasteiger partial charge in [-0.1, -0.05) is 24.3 Å². The topological polar surface area (TPSA) is 97.2 Å².